The SMILES string of the molecule is CCCNCc1ccc(Br)c(S(=O)(=O)NC2CC2CC)c1. The van der Waals surface area contributed by atoms with Crippen LogP contribution in [0.25, 0.3) is 0 Å². The summed E-state index contributed by atoms with van der Waals surface area (Å²) in [5, 5.41) is 3.29. The maximum atomic E-state index is 12.5. The van der Waals surface area contributed by atoms with Crippen molar-refractivity contribution >= 4 is 26.0 Å². The van der Waals surface area contributed by atoms with E-state index in [0.29, 0.717) is 21.8 Å². The van der Waals surface area contributed by atoms with Crippen molar-refractivity contribution in [3.8, 4) is 0 Å². The van der Waals surface area contributed by atoms with Crippen LogP contribution in [0, 0.1) is 5.92 Å². The quantitative estimate of drug-likeness (QED) is 0.687. The molecular weight excluding hydrogens is 352 g/mol. The molecule has 0 radical (unpaired) electrons. The van der Waals surface area contributed by atoms with Crippen LogP contribution in [-0.2, 0) is 16.6 Å². The first kappa shape index (κ1) is 16.9. The molecule has 1 fully saturated rings. The summed E-state index contributed by atoms with van der Waals surface area (Å²) < 4.78 is 28.4. The number of hydrogen-bond acceptors (Lipinski definition) is 3. The summed E-state index contributed by atoms with van der Waals surface area (Å²) in [6.45, 7) is 5.81. The maximum absolute atomic E-state index is 12.5. The maximum Gasteiger partial charge on any atom is 0.241 e. The van der Waals surface area contributed by atoms with Crippen molar-refractivity contribution in [3.05, 3.63) is 28.2 Å². The van der Waals surface area contributed by atoms with E-state index in [4.69, 9.17) is 0 Å². The minimum absolute atomic E-state index is 0.105. The van der Waals surface area contributed by atoms with Gasteiger partial charge in [-0.2, -0.15) is 0 Å². The fourth-order valence-electron chi connectivity index (χ4n) is 2.38. The zero-order valence-electron chi connectivity index (χ0n) is 12.5. The first-order valence-electron chi connectivity index (χ1n) is 7.49. The van der Waals surface area contributed by atoms with Crippen LogP contribution in [0.4, 0.5) is 0 Å². The topological polar surface area (TPSA) is 58.2 Å². The third-order valence-corrected chi connectivity index (χ3v) is 6.28. The number of benzene rings is 1. The van der Waals surface area contributed by atoms with Gasteiger partial charge in [0.05, 0.1) is 4.90 Å². The highest BCUT2D eigenvalue weighted by atomic mass is 79.9. The van der Waals surface area contributed by atoms with E-state index in [2.05, 4.69) is 39.8 Å². The van der Waals surface area contributed by atoms with E-state index in [0.717, 1.165) is 31.4 Å². The molecule has 1 aliphatic carbocycles. The van der Waals surface area contributed by atoms with Crippen LogP contribution in [0.2, 0.25) is 0 Å². The zero-order chi connectivity index (χ0) is 15.5. The highest BCUT2D eigenvalue weighted by Crippen LogP contribution is 2.35. The van der Waals surface area contributed by atoms with Gasteiger partial charge in [0.15, 0.2) is 0 Å². The molecule has 1 aliphatic rings. The Bertz CT molecular complexity index is 589. The highest BCUT2D eigenvalue weighted by molar-refractivity contribution is 9.10. The molecule has 0 amide bonds. The van der Waals surface area contributed by atoms with Crippen molar-refractivity contribution in [3.63, 3.8) is 0 Å². The van der Waals surface area contributed by atoms with Gasteiger partial charge in [-0.25, -0.2) is 13.1 Å². The van der Waals surface area contributed by atoms with Crippen LogP contribution in [0.1, 0.15) is 38.7 Å². The molecule has 0 heterocycles. The second kappa shape index (κ2) is 7.22. The van der Waals surface area contributed by atoms with Crippen molar-refractivity contribution in [2.24, 2.45) is 5.92 Å². The summed E-state index contributed by atoms with van der Waals surface area (Å²) in [4.78, 5) is 0.333. The third kappa shape index (κ3) is 4.52. The average molecular weight is 375 g/mol. The van der Waals surface area contributed by atoms with Gasteiger partial charge in [-0.3, -0.25) is 0 Å². The predicted molar refractivity (Wildman–Crippen MR) is 88.6 cm³/mol. The van der Waals surface area contributed by atoms with Gasteiger partial charge in [0, 0.05) is 17.1 Å². The normalized spacial score (nSPS) is 21.5. The second-order valence-corrected chi connectivity index (χ2v) is 8.11. The molecule has 0 aliphatic heterocycles. The molecule has 0 aromatic heterocycles. The first-order chi connectivity index (χ1) is 9.97. The monoisotopic (exact) mass is 374 g/mol. The van der Waals surface area contributed by atoms with Crippen molar-refractivity contribution in [2.45, 2.75) is 50.6 Å². The molecule has 2 N–H and O–H groups in total. The summed E-state index contributed by atoms with van der Waals surface area (Å²) in [5.41, 5.74) is 0.981. The number of rotatable bonds is 8. The van der Waals surface area contributed by atoms with Crippen LogP contribution in [0.5, 0.6) is 0 Å². The summed E-state index contributed by atoms with van der Waals surface area (Å²) in [5.74, 6) is 0.493. The van der Waals surface area contributed by atoms with Crippen LogP contribution >= 0.6 is 15.9 Å². The molecule has 6 heteroatoms. The molecule has 21 heavy (non-hydrogen) atoms. The van der Waals surface area contributed by atoms with Gasteiger partial charge in [0.2, 0.25) is 10.0 Å². The molecule has 4 nitrogen and oxygen atoms in total. The Kier molecular flexibility index (Phi) is 5.82. The Morgan fingerprint density at radius 2 is 2.10 bits per heavy atom. The van der Waals surface area contributed by atoms with Gasteiger partial charge in [0.1, 0.15) is 0 Å². The largest absolute Gasteiger partial charge is 0.313 e. The predicted octanol–water partition coefficient (Wildman–Crippen LogP) is 3.03. The lowest BCUT2D eigenvalue weighted by Gasteiger charge is -2.11. The Hall–Kier alpha value is -0.430. The van der Waals surface area contributed by atoms with E-state index in [-0.39, 0.29) is 6.04 Å². The second-order valence-electron chi connectivity index (χ2n) is 5.57. The smallest absolute Gasteiger partial charge is 0.241 e. The summed E-state index contributed by atoms with van der Waals surface area (Å²) in [6, 6.07) is 5.60. The van der Waals surface area contributed by atoms with Crippen LogP contribution in [0.3, 0.4) is 0 Å². The van der Waals surface area contributed by atoms with Gasteiger partial charge in [-0.1, -0.05) is 26.3 Å². The van der Waals surface area contributed by atoms with Crippen molar-refractivity contribution in [1.29, 1.82) is 0 Å². The molecule has 1 aromatic carbocycles. The molecule has 1 saturated carbocycles. The van der Waals surface area contributed by atoms with Gasteiger partial charge in [-0.05, 0) is 58.9 Å². The van der Waals surface area contributed by atoms with E-state index >= 15 is 0 Å². The number of halogens is 1. The molecule has 2 atom stereocenters. The van der Waals surface area contributed by atoms with Crippen LogP contribution < -0.4 is 10.0 Å². The van der Waals surface area contributed by atoms with Gasteiger partial charge in [0.25, 0.3) is 0 Å². The molecule has 118 valence electrons. The Labute approximate surface area is 135 Å². The fourth-order valence-corrected chi connectivity index (χ4v) is 4.71. The van der Waals surface area contributed by atoms with Crippen molar-refractivity contribution in [1.82, 2.24) is 10.0 Å². The lowest BCUT2D eigenvalue weighted by atomic mass is 10.2. The lowest BCUT2D eigenvalue weighted by molar-refractivity contribution is 0.575. The molecule has 0 bridgehead atoms. The van der Waals surface area contributed by atoms with E-state index in [9.17, 15) is 8.42 Å². The van der Waals surface area contributed by atoms with Gasteiger partial charge in [-0.15, -0.1) is 0 Å². The minimum atomic E-state index is -3.45. The van der Waals surface area contributed by atoms with Crippen LogP contribution in [-0.4, -0.2) is 21.0 Å². The summed E-state index contributed by atoms with van der Waals surface area (Å²) in [7, 11) is -3.45. The fraction of sp³-hybridized carbons (Fsp3) is 0.600. The minimum Gasteiger partial charge on any atom is -0.313 e. The molecule has 2 unspecified atom stereocenters. The Morgan fingerprint density at radius 3 is 2.71 bits per heavy atom. The number of nitrogens with one attached hydrogen (secondary N) is 2. The Morgan fingerprint density at radius 1 is 1.33 bits per heavy atom. The molecule has 1 aromatic rings. The zero-order valence-corrected chi connectivity index (χ0v) is 14.9. The molecule has 0 spiro atoms. The van der Waals surface area contributed by atoms with E-state index < -0.39 is 10.0 Å². The molecule has 2 rings (SSSR count). The third-order valence-electron chi connectivity index (χ3n) is 3.79. The standard InChI is InChI=1S/C15H23BrN2O2S/c1-3-7-17-10-11-5-6-13(16)15(8-11)21(19,20)18-14-9-12(14)4-2/h5-6,8,12,14,17-18H,3-4,7,9-10H2,1-2H3. The summed E-state index contributed by atoms with van der Waals surface area (Å²) >= 11 is 3.35. The van der Waals surface area contributed by atoms with E-state index in [1.807, 2.05) is 12.1 Å². The summed E-state index contributed by atoms with van der Waals surface area (Å²) in [6.07, 6.45) is 3.03. The van der Waals surface area contributed by atoms with Crippen molar-refractivity contribution < 1.29 is 8.42 Å². The van der Waals surface area contributed by atoms with E-state index in [1.54, 1.807) is 6.07 Å². The lowest BCUT2D eigenvalue weighted by Crippen LogP contribution is -2.27. The van der Waals surface area contributed by atoms with Crippen LogP contribution in [0.15, 0.2) is 27.6 Å². The first-order valence-corrected chi connectivity index (χ1v) is 9.77. The average Bonchev–Trinajstić information content (AvgIpc) is 3.18. The molecule has 0 saturated heterocycles. The number of sulfonamides is 1. The number of hydrogen-bond donors (Lipinski definition) is 2. The van der Waals surface area contributed by atoms with Gasteiger partial charge >= 0.3 is 0 Å². The molecular formula is C15H23BrN2O2S. The van der Waals surface area contributed by atoms with Crippen molar-refractivity contribution in [2.75, 3.05) is 6.54 Å². The highest BCUT2D eigenvalue weighted by Gasteiger charge is 2.39. The van der Waals surface area contributed by atoms with Gasteiger partial charge < -0.3 is 5.32 Å². The Balaban J connectivity index is 2.11. The van der Waals surface area contributed by atoms with E-state index in [1.165, 1.54) is 0 Å².